The first kappa shape index (κ1) is 18.5. The van der Waals surface area contributed by atoms with Crippen LogP contribution in [0.4, 0.5) is 10.1 Å². The molecule has 0 aliphatic rings. The molecule has 0 spiro atoms. The van der Waals surface area contributed by atoms with E-state index in [0.29, 0.717) is 12.1 Å². The monoisotopic (exact) mass is 345 g/mol. The van der Waals surface area contributed by atoms with Gasteiger partial charge in [-0.1, -0.05) is 30.3 Å². The second kappa shape index (κ2) is 8.34. The average molecular weight is 345 g/mol. The molecule has 1 amide bonds. The Morgan fingerprint density at radius 2 is 1.84 bits per heavy atom. The molecule has 1 N–H and O–H groups in total. The number of rotatable bonds is 7. The summed E-state index contributed by atoms with van der Waals surface area (Å²) in [5.41, 5.74) is 1.17. The summed E-state index contributed by atoms with van der Waals surface area (Å²) >= 11 is 0. The zero-order chi connectivity index (χ0) is 18.4. The number of carbonyl (C=O) groups is 1. The number of nitrogens with one attached hydrogen (secondary N) is 1. The van der Waals surface area contributed by atoms with Gasteiger partial charge in [-0.3, -0.25) is 14.9 Å². The van der Waals surface area contributed by atoms with Gasteiger partial charge in [0.2, 0.25) is 5.91 Å². The Bertz CT molecular complexity index is 747. The van der Waals surface area contributed by atoms with E-state index >= 15 is 0 Å². The third kappa shape index (κ3) is 5.09. The molecule has 0 aliphatic carbocycles. The predicted octanol–water partition coefficient (Wildman–Crippen LogP) is 2.70. The predicted molar refractivity (Wildman–Crippen MR) is 92.6 cm³/mol. The minimum absolute atomic E-state index is 0.0687. The highest BCUT2D eigenvalue weighted by atomic mass is 19.1. The molecule has 1 atom stereocenters. The molecule has 6 nitrogen and oxygen atoms in total. The topological polar surface area (TPSA) is 75.5 Å². The van der Waals surface area contributed by atoms with Gasteiger partial charge >= 0.3 is 0 Å². The summed E-state index contributed by atoms with van der Waals surface area (Å²) in [7, 11) is 3.73. The van der Waals surface area contributed by atoms with Crippen LogP contribution in [0, 0.1) is 15.9 Å². The van der Waals surface area contributed by atoms with Crippen LogP contribution in [0.25, 0.3) is 0 Å². The van der Waals surface area contributed by atoms with Crippen molar-refractivity contribution in [2.24, 2.45) is 0 Å². The number of hydrogen-bond acceptors (Lipinski definition) is 4. The number of para-hydroxylation sites is 1. The van der Waals surface area contributed by atoms with Crippen LogP contribution in [-0.2, 0) is 11.2 Å². The quantitative estimate of drug-likeness (QED) is 0.618. The second-order valence-electron chi connectivity index (χ2n) is 5.90. The summed E-state index contributed by atoms with van der Waals surface area (Å²) in [5.74, 6) is -0.620. The summed E-state index contributed by atoms with van der Waals surface area (Å²) in [6, 6.07) is 12.2. The van der Waals surface area contributed by atoms with Crippen LogP contribution in [0.1, 0.15) is 17.2 Å². The summed E-state index contributed by atoms with van der Waals surface area (Å²) in [5, 5.41) is 13.8. The van der Waals surface area contributed by atoms with Gasteiger partial charge in [0.15, 0.2) is 0 Å². The van der Waals surface area contributed by atoms with Crippen LogP contribution in [0.3, 0.4) is 0 Å². The average Bonchev–Trinajstić information content (AvgIpc) is 2.56. The lowest BCUT2D eigenvalue weighted by Gasteiger charge is -2.25. The number of nitrogens with zero attached hydrogens (tertiary/aromatic N) is 2. The van der Waals surface area contributed by atoms with Gasteiger partial charge in [-0.2, -0.15) is 0 Å². The fourth-order valence-electron chi connectivity index (χ4n) is 2.57. The Morgan fingerprint density at radius 1 is 1.20 bits per heavy atom. The molecule has 0 radical (unpaired) electrons. The van der Waals surface area contributed by atoms with Gasteiger partial charge in [0, 0.05) is 18.2 Å². The molecule has 1 unspecified atom stereocenters. The molecule has 132 valence electrons. The van der Waals surface area contributed by atoms with Crippen molar-refractivity contribution < 1.29 is 14.1 Å². The van der Waals surface area contributed by atoms with Gasteiger partial charge in [-0.15, -0.1) is 0 Å². The Morgan fingerprint density at radius 3 is 2.44 bits per heavy atom. The lowest BCUT2D eigenvalue weighted by Crippen LogP contribution is -2.35. The van der Waals surface area contributed by atoms with Gasteiger partial charge in [-0.25, -0.2) is 4.39 Å². The summed E-state index contributed by atoms with van der Waals surface area (Å²) in [4.78, 5) is 24.6. The minimum Gasteiger partial charge on any atom is -0.354 e. The van der Waals surface area contributed by atoms with E-state index < -0.39 is 4.92 Å². The number of nitro benzene ring substituents is 1. The Kier molecular flexibility index (Phi) is 6.19. The number of carbonyl (C=O) groups excluding carboxylic acids is 1. The zero-order valence-electron chi connectivity index (χ0n) is 14.1. The maximum Gasteiger partial charge on any atom is 0.273 e. The van der Waals surface area contributed by atoms with Crippen molar-refractivity contribution >= 4 is 11.6 Å². The van der Waals surface area contributed by atoms with Gasteiger partial charge in [0.1, 0.15) is 5.82 Å². The maximum absolute atomic E-state index is 13.1. The van der Waals surface area contributed by atoms with Crippen molar-refractivity contribution in [1.29, 1.82) is 0 Å². The highest BCUT2D eigenvalue weighted by Gasteiger charge is 2.18. The molecule has 0 aliphatic heterocycles. The van der Waals surface area contributed by atoms with Gasteiger partial charge < -0.3 is 10.2 Å². The summed E-state index contributed by atoms with van der Waals surface area (Å²) in [6.45, 7) is 0.318. The van der Waals surface area contributed by atoms with Crippen LogP contribution in [0.5, 0.6) is 0 Å². The third-order valence-electron chi connectivity index (χ3n) is 3.91. The molecular formula is C18H20FN3O3. The van der Waals surface area contributed by atoms with Crippen LogP contribution >= 0.6 is 0 Å². The largest absolute Gasteiger partial charge is 0.354 e. The van der Waals surface area contributed by atoms with Crippen molar-refractivity contribution in [3.8, 4) is 0 Å². The van der Waals surface area contributed by atoms with Gasteiger partial charge in [-0.05, 0) is 31.8 Å². The number of amides is 1. The standard InChI is InChI=1S/C18H20FN3O3/c1-21(2)17(13-7-9-15(19)10-8-13)12-20-18(23)11-14-5-3-4-6-16(14)22(24)25/h3-10,17H,11-12H2,1-2H3,(H,20,23). The number of benzene rings is 2. The number of hydrogen-bond donors (Lipinski definition) is 1. The first-order chi connectivity index (χ1) is 11.9. The van der Waals surface area contributed by atoms with Crippen molar-refractivity contribution in [3.05, 3.63) is 75.6 Å². The maximum atomic E-state index is 13.1. The number of likely N-dealkylation sites (N-methyl/N-ethyl adjacent to an activating group) is 1. The zero-order valence-corrected chi connectivity index (χ0v) is 14.1. The molecule has 0 saturated heterocycles. The third-order valence-corrected chi connectivity index (χ3v) is 3.91. The van der Waals surface area contributed by atoms with E-state index in [-0.39, 0.29) is 29.9 Å². The Balaban J connectivity index is 2.02. The van der Waals surface area contributed by atoms with E-state index in [4.69, 9.17) is 0 Å². The normalized spacial score (nSPS) is 12.0. The lowest BCUT2D eigenvalue weighted by molar-refractivity contribution is -0.385. The SMILES string of the molecule is CN(C)C(CNC(=O)Cc1ccccc1[N+](=O)[O-])c1ccc(F)cc1. The molecule has 0 saturated carbocycles. The first-order valence-corrected chi connectivity index (χ1v) is 7.79. The van der Waals surface area contributed by atoms with E-state index in [1.165, 1.54) is 18.2 Å². The molecule has 2 aromatic carbocycles. The molecular weight excluding hydrogens is 325 g/mol. The van der Waals surface area contributed by atoms with E-state index in [2.05, 4.69) is 5.32 Å². The van der Waals surface area contributed by atoms with Crippen molar-refractivity contribution in [1.82, 2.24) is 10.2 Å². The van der Waals surface area contributed by atoms with E-state index in [0.717, 1.165) is 5.56 Å². The van der Waals surface area contributed by atoms with E-state index in [9.17, 15) is 19.3 Å². The second-order valence-corrected chi connectivity index (χ2v) is 5.90. The minimum atomic E-state index is -0.496. The smallest absolute Gasteiger partial charge is 0.273 e. The van der Waals surface area contributed by atoms with E-state index in [1.807, 2.05) is 19.0 Å². The summed E-state index contributed by atoms with van der Waals surface area (Å²) < 4.78 is 13.1. The van der Waals surface area contributed by atoms with Crippen molar-refractivity contribution in [2.75, 3.05) is 20.6 Å². The molecule has 2 aromatic rings. The van der Waals surface area contributed by atoms with Gasteiger partial charge in [0.25, 0.3) is 5.69 Å². The Labute approximate surface area is 145 Å². The lowest BCUT2D eigenvalue weighted by atomic mass is 10.1. The fraction of sp³-hybridized carbons (Fsp3) is 0.278. The van der Waals surface area contributed by atoms with Crippen molar-refractivity contribution in [2.45, 2.75) is 12.5 Å². The molecule has 0 fully saturated rings. The molecule has 2 rings (SSSR count). The molecule has 0 bridgehead atoms. The van der Waals surface area contributed by atoms with Crippen LogP contribution in [0.2, 0.25) is 0 Å². The first-order valence-electron chi connectivity index (χ1n) is 7.79. The Hall–Kier alpha value is -2.80. The van der Waals surface area contributed by atoms with Gasteiger partial charge in [0.05, 0.1) is 17.4 Å². The molecule has 0 aromatic heterocycles. The highest BCUT2D eigenvalue weighted by Crippen LogP contribution is 2.19. The summed E-state index contributed by atoms with van der Waals surface area (Å²) in [6.07, 6.45) is -0.0687. The molecule has 0 heterocycles. The number of halogens is 1. The van der Waals surface area contributed by atoms with Crippen LogP contribution < -0.4 is 5.32 Å². The van der Waals surface area contributed by atoms with Crippen molar-refractivity contribution in [3.63, 3.8) is 0 Å². The fourth-order valence-corrected chi connectivity index (χ4v) is 2.57. The molecule has 7 heteroatoms. The molecule has 25 heavy (non-hydrogen) atoms. The van der Waals surface area contributed by atoms with E-state index in [1.54, 1.807) is 30.3 Å². The van der Waals surface area contributed by atoms with Crippen LogP contribution in [-0.4, -0.2) is 36.4 Å². The highest BCUT2D eigenvalue weighted by molar-refractivity contribution is 5.79. The van der Waals surface area contributed by atoms with Crippen LogP contribution in [0.15, 0.2) is 48.5 Å². The number of nitro groups is 1.